The number of benzene rings is 2. The van der Waals surface area contributed by atoms with E-state index in [4.69, 9.17) is 16.3 Å². The lowest BCUT2D eigenvalue weighted by Gasteiger charge is -2.28. The third-order valence-corrected chi connectivity index (χ3v) is 4.11. The Labute approximate surface area is 146 Å². The van der Waals surface area contributed by atoms with Crippen molar-refractivity contribution in [1.29, 1.82) is 0 Å². The zero-order chi connectivity index (χ0) is 16.8. The number of halogens is 1. The average molecular weight is 343 g/mol. The first-order valence-corrected chi connectivity index (χ1v) is 8.26. The molecule has 0 aromatic heterocycles. The summed E-state index contributed by atoms with van der Waals surface area (Å²) in [6, 6.07) is 15.0. The van der Waals surface area contributed by atoms with Gasteiger partial charge in [-0.3, -0.25) is 4.79 Å². The number of allylic oxidation sites excluding steroid dienone is 1. The molecule has 1 fully saturated rings. The molecule has 5 heteroatoms. The summed E-state index contributed by atoms with van der Waals surface area (Å²) in [6.07, 6.45) is 3.17. The van der Waals surface area contributed by atoms with Crippen LogP contribution in [0.15, 0.2) is 60.8 Å². The van der Waals surface area contributed by atoms with Crippen molar-refractivity contribution in [3.8, 4) is 0 Å². The summed E-state index contributed by atoms with van der Waals surface area (Å²) in [7, 11) is 0. The van der Waals surface area contributed by atoms with E-state index in [0.29, 0.717) is 10.6 Å². The minimum atomic E-state index is -0.0656. The van der Waals surface area contributed by atoms with Gasteiger partial charge in [-0.05, 0) is 48.5 Å². The van der Waals surface area contributed by atoms with Crippen molar-refractivity contribution in [3.63, 3.8) is 0 Å². The highest BCUT2D eigenvalue weighted by molar-refractivity contribution is 6.30. The number of hydrogen-bond donors (Lipinski definition) is 1. The molecular formula is C19H19ClN2O2. The van der Waals surface area contributed by atoms with Crippen LogP contribution in [0, 0.1) is 0 Å². The van der Waals surface area contributed by atoms with Gasteiger partial charge in [0, 0.05) is 47.3 Å². The normalized spacial score (nSPS) is 14.8. The second-order valence-corrected chi connectivity index (χ2v) is 5.93. The predicted molar refractivity (Wildman–Crippen MR) is 98.0 cm³/mol. The molecule has 2 aromatic rings. The van der Waals surface area contributed by atoms with Crippen molar-refractivity contribution >= 4 is 28.8 Å². The van der Waals surface area contributed by atoms with Crippen LogP contribution in [0.3, 0.4) is 0 Å². The van der Waals surface area contributed by atoms with E-state index in [9.17, 15) is 4.79 Å². The van der Waals surface area contributed by atoms with Gasteiger partial charge in [0.15, 0.2) is 5.78 Å². The Kier molecular flexibility index (Phi) is 5.51. The van der Waals surface area contributed by atoms with Gasteiger partial charge in [0.2, 0.25) is 0 Å². The molecule has 4 nitrogen and oxygen atoms in total. The van der Waals surface area contributed by atoms with Crippen molar-refractivity contribution in [1.82, 2.24) is 0 Å². The molecule has 0 saturated carbocycles. The molecule has 0 unspecified atom stereocenters. The fourth-order valence-corrected chi connectivity index (χ4v) is 2.64. The van der Waals surface area contributed by atoms with Crippen molar-refractivity contribution < 1.29 is 9.53 Å². The number of rotatable bonds is 5. The molecule has 0 atom stereocenters. The minimum absolute atomic E-state index is 0.0656. The predicted octanol–water partition coefficient (Wildman–Crippen LogP) is 3.99. The zero-order valence-electron chi connectivity index (χ0n) is 13.2. The summed E-state index contributed by atoms with van der Waals surface area (Å²) in [4.78, 5) is 14.3. The first-order chi connectivity index (χ1) is 11.7. The summed E-state index contributed by atoms with van der Waals surface area (Å²) in [5.74, 6) is -0.0656. The van der Waals surface area contributed by atoms with E-state index in [1.54, 1.807) is 30.5 Å². The van der Waals surface area contributed by atoms with Crippen LogP contribution in [0.25, 0.3) is 0 Å². The van der Waals surface area contributed by atoms with E-state index in [-0.39, 0.29) is 5.78 Å². The quantitative estimate of drug-likeness (QED) is 0.659. The second kappa shape index (κ2) is 7.99. The number of ether oxygens (including phenoxy) is 1. The van der Waals surface area contributed by atoms with Crippen LogP contribution in [0.2, 0.25) is 5.02 Å². The van der Waals surface area contributed by atoms with E-state index in [1.165, 1.54) is 11.8 Å². The third-order valence-electron chi connectivity index (χ3n) is 3.86. The molecular weight excluding hydrogens is 324 g/mol. The number of carbonyl (C=O) groups is 1. The van der Waals surface area contributed by atoms with Crippen LogP contribution in [-0.4, -0.2) is 32.1 Å². The standard InChI is InChI=1S/C19H19ClN2O2/c20-16-3-1-15(2-4-16)19(23)9-10-21-17-5-7-18(8-6-17)22-11-13-24-14-12-22/h1-10,21H,11-14H2. The van der Waals surface area contributed by atoms with Gasteiger partial charge >= 0.3 is 0 Å². The highest BCUT2D eigenvalue weighted by atomic mass is 35.5. The lowest BCUT2D eigenvalue weighted by atomic mass is 10.1. The number of morpholine rings is 1. The lowest BCUT2D eigenvalue weighted by molar-refractivity contribution is 0.104. The van der Waals surface area contributed by atoms with Crippen LogP contribution in [0.1, 0.15) is 10.4 Å². The first kappa shape index (κ1) is 16.6. The van der Waals surface area contributed by atoms with Crippen molar-refractivity contribution in [2.75, 3.05) is 36.5 Å². The Morgan fingerprint density at radius 1 is 1.04 bits per heavy atom. The Bertz CT molecular complexity index is 705. The molecule has 1 heterocycles. The Morgan fingerprint density at radius 3 is 2.38 bits per heavy atom. The Morgan fingerprint density at radius 2 is 1.71 bits per heavy atom. The van der Waals surface area contributed by atoms with E-state index >= 15 is 0 Å². The van der Waals surface area contributed by atoms with Crippen LogP contribution >= 0.6 is 11.6 Å². The number of hydrogen-bond acceptors (Lipinski definition) is 4. The fraction of sp³-hybridized carbons (Fsp3) is 0.211. The van der Waals surface area contributed by atoms with Gasteiger partial charge < -0.3 is 15.0 Å². The van der Waals surface area contributed by atoms with Crippen molar-refractivity contribution in [3.05, 3.63) is 71.4 Å². The molecule has 24 heavy (non-hydrogen) atoms. The molecule has 0 amide bonds. The molecule has 0 spiro atoms. The minimum Gasteiger partial charge on any atom is -0.378 e. The van der Waals surface area contributed by atoms with E-state index < -0.39 is 0 Å². The molecule has 124 valence electrons. The second-order valence-electron chi connectivity index (χ2n) is 5.50. The van der Waals surface area contributed by atoms with Gasteiger partial charge in [0.25, 0.3) is 0 Å². The van der Waals surface area contributed by atoms with Gasteiger partial charge in [0.05, 0.1) is 13.2 Å². The molecule has 1 N–H and O–H groups in total. The molecule has 0 radical (unpaired) electrons. The van der Waals surface area contributed by atoms with Crippen LogP contribution < -0.4 is 10.2 Å². The van der Waals surface area contributed by atoms with Crippen molar-refractivity contribution in [2.24, 2.45) is 0 Å². The van der Waals surface area contributed by atoms with E-state index in [0.717, 1.165) is 32.0 Å². The SMILES string of the molecule is O=C(C=CNc1ccc(N2CCOCC2)cc1)c1ccc(Cl)cc1. The highest BCUT2D eigenvalue weighted by Gasteiger charge is 2.10. The zero-order valence-corrected chi connectivity index (χ0v) is 14.0. The van der Waals surface area contributed by atoms with E-state index in [1.807, 2.05) is 12.1 Å². The molecule has 0 aliphatic carbocycles. The van der Waals surface area contributed by atoms with Gasteiger partial charge in [-0.2, -0.15) is 0 Å². The van der Waals surface area contributed by atoms with Gasteiger partial charge in [-0.1, -0.05) is 11.6 Å². The molecule has 1 aliphatic rings. The lowest BCUT2D eigenvalue weighted by Crippen LogP contribution is -2.36. The van der Waals surface area contributed by atoms with Gasteiger partial charge in [0.1, 0.15) is 0 Å². The molecule has 1 saturated heterocycles. The molecule has 1 aliphatic heterocycles. The number of ketones is 1. The smallest absolute Gasteiger partial charge is 0.187 e. The molecule has 0 bridgehead atoms. The van der Waals surface area contributed by atoms with Gasteiger partial charge in [-0.25, -0.2) is 0 Å². The number of anilines is 2. The maximum Gasteiger partial charge on any atom is 0.187 e. The average Bonchev–Trinajstić information content (AvgIpc) is 2.63. The molecule has 3 rings (SSSR count). The van der Waals surface area contributed by atoms with Crippen LogP contribution in [0.5, 0.6) is 0 Å². The van der Waals surface area contributed by atoms with Crippen LogP contribution in [-0.2, 0) is 4.74 Å². The first-order valence-electron chi connectivity index (χ1n) is 7.88. The summed E-state index contributed by atoms with van der Waals surface area (Å²) in [5.41, 5.74) is 2.73. The molecule has 2 aromatic carbocycles. The highest BCUT2D eigenvalue weighted by Crippen LogP contribution is 2.19. The summed E-state index contributed by atoms with van der Waals surface area (Å²) < 4.78 is 5.36. The monoisotopic (exact) mass is 342 g/mol. The number of nitrogens with zero attached hydrogens (tertiary/aromatic N) is 1. The van der Waals surface area contributed by atoms with Crippen molar-refractivity contribution in [2.45, 2.75) is 0 Å². The maximum absolute atomic E-state index is 12.0. The summed E-state index contributed by atoms with van der Waals surface area (Å²) in [5, 5.41) is 3.74. The Balaban J connectivity index is 1.56. The van der Waals surface area contributed by atoms with E-state index in [2.05, 4.69) is 22.3 Å². The number of nitrogens with one attached hydrogen (secondary N) is 1. The Hall–Kier alpha value is -2.30. The summed E-state index contributed by atoms with van der Waals surface area (Å²) >= 11 is 5.82. The fourth-order valence-electron chi connectivity index (χ4n) is 2.51. The van der Waals surface area contributed by atoms with Crippen LogP contribution in [0.4, 0.5) is 11.4 Å². The third kappa shape index (κ3) is 4.37. The summed E-state index contributed by atoms with van der Waals surface area (Å²) in [6.45, 7) is 3.38. The van der Waals surface area contributed by atoms with Gasteiger partial charge in [-0.15, -0.1) is 0 Å². The number of carbonyl (C=O) groups excluding carboxylic acids is 1. The largest absolute Gasteiger partial charge is 0.378 e. The topological polar surface area (TPSA) is 41.6 Å². The maximum atomic E-state index is 12.0.